The first kappa shape index (κ1) is 24.0. The van der Waals surface area contributed by atoms with Gasteiger partial charge in [-0.25, -0.2) is 13.4 Å². The van der Waals surface area contributed by atoms with Crippen LogP contribution >= 0.6 is 15.9 Å². The summed E-state index contributed by atoms with van der Waals surface area (Å²) in [5, 5.41) is 2.91. The predicted molar refractivity (Wildman–Crippen MR) is 118 cm³/mol. The lowest BCUT2D eigenvalue weighted by Crippen LogP contribution is -2.26. The average Bonchev–Trinajstić information content (AvgIpc) is 2.75. The van der Waals surface area contributed by atoms with Gasteiger partial charge in [-0.15, -0.1) is 0 Å². The number of anilines is 2. The van der Waals surface area contributed by atoms with Gasteiger partial charge in [-0.3, -0.25) is 0 Å². The number of hydrogen-bond donors (Lipinski definition) is 1. The van der Waals surface area contributed by atoms with Crippen molar-refractivity contribution in [2.75, 3.05) is 19.5 Å². The summed E-state index contributed by atoms with van der Waals surface area (Å²) >= 11 is 3.32. The maximum Gasteiger partial charge on any atom is 0.433 e. The van der Waals surface area contributed by atoms with E-state index in [1.165, 1.54) is 35.6 Å². The Morgan fingerprint density at radius 2 is 1.78 bits per heavy atom. The minimum absolute atomic E-state index is 0.0662. The summed E-state index contributed by atoms with van der Waals surface area (Å²) in [6.07, 6.45) is -3.46. The summed E-state index contributed by atoms with van der Waals surface area (Å²) in [6.45, 7) is 0.168. The number of aromatic nitrogens is 1. The van der Waals surface area contributed by atoms with Gasteiger partial charge in [0.2, 0.25) is 10.0 Å². The van der Waals surface area contributed by atoms with Gasteiger partial charge >= 0.3 is 6.18 Å². The van der Waals surface area contributed by atoms with Gasteiger partial charge in [-0.1, -0.05) is 12.1 Å². The topological polar surface area (TPSA) is 71.5 Å². The molecule has 0 fully saturated rings. The standard InChI is InChI=1S/C21H19BrF3N3O3S/c1-28(13-14-3-6-16(31-2)7-4-14)32(29,30)17-8-9-19(18(22)11-17)27-15-5-10-20(26-12-15)21(23,24)25/h3-12,27H,13H2,1-2H3. The van der Waals surface area contributed by atoms with Gasteiger partial charge in [0.15, 0.2) is 0 Å². The van der Waals surface area contributed by atoms with Gasteiger partial charge < -0.3 is 10.1 Å². The van der Waals surface area contributed by atoms with Crippen LogP contribution in [-0.4, -0.2) is 31.9 Å². The van der Waals surface area contributed by atoms with Crippen LogP contribution in [0.15, 0.2) is 70.2 Å². The van der Waals surface area contributed by atoms with E-state index in [1.807, 2.05) is 0 Å². The third-order valence-corrected chi connectivity index (χ3v) is 7.00. The highest BCUT2D eigenvalue weighted by molar-refractivity contribution is 9.10. The molecule has 1 heterocycles. The number of alkyl halides is 3. The van der Waals surface area contributed by atoms with Crippen LogP contribution in [0.5, 0.6) is 5.75 Å². The molecular weight excluding hydrogens is 511 g/mol. The first-order chi connectivity index (χ1) is 15.0. The molecule has 0 unspecified atom stereocenters. The van der Waals surface area contributed by atoms with E-state index >= 15 is 0 Å². The molecule has 32 heavy (non-hydrogen) atoms. The zero-order valence-electron chi connectivity index (χ0n) is 17.0. The Bertz CT molecular complexity index is 1190. The van der Waals surface area contributed by atoms with Crippen LogP contribution in [-0.2, 0) is 22.7 Å². The molecule has 170 valence electrons. The highest BCUT2D eigenvalue weighted by atomic mass is 79.9. The molecule has 2 aromatic carbocycles. The number of rotatable bonds is 7. The van der Waals surface area contributed by atoms with Crippen molar-refractivity contribution < 1.29 is 26.3 Å². The average molecular weight is 530 g/mol. The maximum absolute atomic E-state index is 13.0. The number of sulfonamides is 1. The summed E-state index contributed by atoms with van der Waals surface area (Å²) in [6, 6.07) is 13.6. The fourth-order valence-electron chi connectivity index (χ4n) is 2.80. The fraction of sp³-hybridized carbons (Fsp3) is 0.190. The summed E-state index contributed by atoms with van der Waals surface area (Å²) in [4.78, 5) is 3.46. The van der Waals surface area contributed by atoms with E-state index in [0.29, 0.717) is 21.6 Å². The van der Waals surface area contributed by atoms with Gasteiger partial charge in [0.1, 0.15) is 11.4 Å². The molecule has 0 radical (unpaired) electrons. The van der Waals surface area contributed by atoms with E-state index in [2.05, 4.69) is 26.2 Å². The molecule has 0 saturated heterocycles. The normalized spacial score (nSPS) is 12.1. The Hall–Kier alpha value is -2.63. The lowest BCUT2D eigenvalue weighted by Gasteiger charge is -2.18. The molecule has 0 aliphatic rings. The van der Waals surface area contributed by atoms with Crippen LogP contribution in [0.4, 0.5) is 24.5 Å². The number of methoxy groups -OCH3 is 1. The van der Waals surface area contributed by atoms with Gasteiger partial charge in [0.25, 0.3) is 0 Å². The van der Waals surface area contributed by atoms with Crippen molar-refractivity contribution in [2.24, 2.45) is 0 Å². The first-order valence-corrected chi connectivity index (χ1v) is 11.4. The summed E-state index contributed by atoms with van der Waals surface area (Å²) < 4.78 is 70.6. The Morgan fingerprint density at radius 1 is 1.09 bits per heavy atom. The van der Waals surface area contributed by atoms with Crippen LogP contribution in [0.2, 0.25) is 0 Å². The van der Waals surface area contributed by atoms with Crippen LogP contribution in [0.3, 0.4) is 0 Å². The van der Waals surface area contributed by atoms with Crippen molar-refractivity contribution in [3.05, 3.63) is 76.5 Å². The van der Waals surface area contributed by atoms with Crippen LogP contribution in [0.25, 0.3) is 0 Å². The predicted octanol–water partition coefficient (Wildman–Crippen LogP) is 5.44. The molecule has 1 aromatic heterocycles. The van der Waals surface area contributed by atoms with Crippen LogP contribution in [0, 0.1) is 0 Å². The van der Waals surface area contributed by atoms with Crippen LogP contribution in [0.1, 0.15) is 11.3 Å². The molecule has 0 aliphatic heterocycles. The number of nitrogens with one attached hydrogen (secondary N) is 1. The summed E-state index contributed by atoms with van der Waals surface area (Å²) in [5.41, 5.74) is 0.599. The largest absolute Gasteiger partial charge is 0.497 e. The summed E-state index contributed by atoms with van der Waals surface area (Å²) in [7, 11) is -0.749. The zero-order chi connectivity index (χ0) is 23.5. The zero-order valence-corrected chi connectivity index (χ0v) is 19.4. The SMILES string of the molecule is COc1ccc(CN(C)S(=O)(=O)c2ccc(Nc3ccc(C(F)(F)F)nc3)c(Br)c2)cc1. The number of pyridine rings is 1. The second kappa shape index (κ2) is 9.47. The molecule has 0 spiro atoms. The van der Waals surface area contributed by atoms with E-state index in [0.717, 1.165) is 17.8 Å². The Balaban J connectivity index is 1.75. The molecule has 11 heteroatoms. The minimum atomic E-state index is -4.52. The Kier molecular flexibility index (Phi) is 7.11. The van der Waals surface area contributed by atoms with Gasteiger partial charge in [0, 0.05) is 18.1 Å². The number of nitrogens with zero attached hydrogens (tertiary/aromatic N) is 2. The smallest absolute Gasteiger partial charge is 0.433 e. The summed E-state index contributed by atoms with van der Waals surface area (Å²) in [5.74, 6) is 0.675. The quantitative estimate of drug-likeness (QED) is 0.441. The molecule has 3 aromatic rings. The number of halogens is 4. The minimum Gasteiger partial charge on any atom is -0.497 e. The molecule has 6 nitrogen and oxygen atoms in total. The highest BCUT2D eigenvalue weighted by Crippen LogP contribution is 2.31. The molecule has 0 saturated carbocycles. The second-order valence-corrected chi connectivity index (χ2v) is 9.70. The number of ether oxygens (including phenoxy) is 1. The second-order valence-electron chi connectivity index (χ2n) is 6.81. The van der Waals surface area contributed by atoms with E-state index in [4.69, 9.17) is 4.74 Å². The maximum atomic E-state index is 13.0. The Labute approximate surface area is 192 Å². The lowest BCUT2D eigenvalue weighted by atomic mass is 10.2. The third-order valence-electron chi connectivity index (χ3n) is 4.55. The van der Waals surface area contributed by atoms with Crippen molar-refractivity contribution >= 4 is 37.3 Å². The van der Waals surface area contributed by atoms with E-state index in [-0.39, 0.29) is 11.4 Å². The third kappa shape index (κ3) is 5.59. The molecule has 1 N–H and O–H groups in total. The highest BCUT2D eigenvalue weighted by Gasteiger charge is 2.32. The molecule has 0 bridgehead atoms. The molecule has 0 amide bonds. The van der Waals surface area contributed by atoms with Gasteiger partial charge in [-0.05, 0) is 64.0 Å². The molecule has 0 aliphatic carbocycles. The first-order valence-electron chi connectivity index (χ1n) is 9.20. The van der Waals surface area contributed by atoms with Crippen molar-refractivity contribution in [3.63, 3.8) is 0 Å². The van der Waals surface area contributed by atoms with Crippen LogP contribution < -0.4 is 10.1 Å². The number of hydrogen-bond acceptors (Lipinski definition) is 5. The number of benzene rings is 2. The van der Waals surface area contributed by atoms with E-state index in [9.17, 15) is 21.6 Å². The van der Waals surface area contributed by atoms with Crippen molar-refractivity contribution in [3.8, 4) is 5.75 Å². The molecule has 0 atom stereocenters. The molecular formula is C21H19BrF3N3O3S. The van der Waals surface area contributed by atoms with E-state index in [1.54, 1.807) is 31.4 Å². The molecule has 3 rings (SSSR count). The van der Waals surface area contributed by atoms with Crippen molar-refractivity contribution in [1.82, 2.24) is 9.29 Å². The van der Waals surface area contributed by atoms with Gasteiger partial charge in [-0.2, -0.15) is 17.5 Å². The van der Waals surface area contributed by atoms with Gasteiger partial charge in [0.05, 0.1) is 29.6 Å². The lowest BCUT2D eigenvalue weighted by molar-refractivity contribution is -0.141. The van der Waals surface area contributed by atoms with Crippen molar-refractivity contribution in [1.29, 1.82) is 0 Å². The van der Waals surface area contributed by atoms with Crippen molar-refractivity contribution in [2.45, 2.75) is 17.6 Å². The monoisotopic (exact) mass is 529 g/mol. The van der Waals surface area contributed by atoms with E-state index < -0.39 is 21.9 Å². The fourth-order valence-corrected chi connectivity index (χ4v) is 4.62. The Morgan fingerprint density at radius 3 is 2.31 bits per heavy atom.